The predicted octanol–water partition coefficient (Wildman–Crippen LogP) is 3.96. The molecular weight excluding hydrogens is 266 g/mol. The second-order valence-corrected chi connectivity index (χ2v) is 6.12. The maximum Gasteiger partial charge on any atom is 0.222 e. The molecule has 2 aromatic rings. The minimum absolute atomic E-state index is 0.285. The van der Waals surface area contributed by atoms with E-state index in [1.54, 1.807) is 11.8 Å². The maximum absolute atomic E-state index is 11.6. The molecule has 102 valence electrons. The van der Waals surface area contributed by atoms with E-state index in [1.165, 1.54) is 15.4 Å². The van der Waals surface area contributed by atoms with Crippen molar-refractivity contribution in [3.8, 4) is 0 Å². The van der Waals surface area contributed by atoms with E-state index in [2.05, 4.69) is 48.5 Å². The maximum atomic E-state index is 11.6. The molecule has 3 rings (SSSR count). The third-order valence-corrected chi connectivity index (χ3v) is 4.46. The van der Waals surface area contributed by atoms with E-state index < -0.39 is 0 Å². The largest absolute Gasteiger partial charge is 0.338 e. The molecular formula is C17H17NOS. The molecule has 1 heterocycles. The van der Waals surface area contributed by atoms with Gasteiger partial charge in [0.15, 0.2) is 0 Å². The third kappa shape index (κ3) is 3.23. The minimum Gasteiger partial charge on any atom is -0.338 e. The van der Waals surface area contributed by atoms with E-state index in [1.807, 2.05) is 11.0 Å². The molecule has 1 amide bonds. The fourth-order valence-corrected chi connectivity index (χ4v) is 3.22. The molecule has 0 bridgehead atoms. The van der Waals surface area contributed by atoms with Gasteiger partial charge >= 0.3 is 0 Å². The Hall–Kier alpha value is -1.74. The van der Waals surface area contributed by atoms with Gasteiger partial charge in [0.1, 0.15) is 0 Å². The molecule has 0 atom stereocenters. The zero-order valence-electron chi connectivity index (χ0n) is 11.3. The van der Waals surface area contributed by atoms with Crippen LogP contribution in [0.3, 0.4) is 0 Å². The lowest BCUT2D eigenvalue weighted by Crippen LogP contribution is -2.23. The Bertz CT molecular complexity index is 580. The average Bonchev–Trinajstić information content (AvgIpc) is 2.88. The fraction of sp³-hybridized carbons (Fsp3) is 0.235. The Kier molecular flexibility index (Phi) is 4.07. The van der Waals surface area contributed by atoms with E-state index in [-0.39, 0.29) is 5.91 Å². The summed E-state index contributed by atoms with van der Waals surface area (Å²) >= 11 is 1.76. The highest BCUT2D eigenvalue weighted by Crippen LogP contribution is 2.27. The Morgan fingerprint density at radius 2 is 1.65 bits per heavy atom. The van der Waals surface area contributed by atoms with E-state index in [4.69, 9.17) is 0 Å². The Balaban J connectivity index is 1.64. The van der Waals surface area contributed by atoms with Crippen molar-refractivity contribution < 1.29 is 4.79 Å². The number of nitrogens with zero attached hydrogens (tertiary/aromatic N) is 1. The lowest BCUT2D eigenvalue weighted by atomic mass is 10.2. The van der Waals surface area contributed by atoms with Gasteiger partial charge in [-0.2, -0.15) is 0 Å². The van der Waals surface area contributed by atoms with Crippen LogP contribution in [0.25, 0.3) is 0 Å². The first-order valence-corrected chi connectivity index (χ1v) is 7.72. The molecule has 0 unspecified atom stereocenters. The summed E-state index contributed by atoms with van der Waals surface area (Å²) in [6, 6.07) is 18.9. The second kappa shape index (κ2) is 6.14. The summed E-state index contributed by atoms with van der Waals surface area (Å²) < 4.78 is 0. The van der Waals surface area contributed by atoms with Crippen molar-refractivity contribution >= 4 is 17.7 Å². The average molecular weight is 283 g/mol. The molecule has 1 aliphatic heterocycles. The lowest BCUT2D eigenvalue weighted by Gasteiger charge is -2.15. The van der Waals surface area contributed by atoms with Crippen LogP contribution in [-0.2, 0) is 11.3 Å². The van der Waals surface area contributed by atoms with Gasteiger partial charge in [0.2, 0.25) is 5.91 Å². The molecule has 0 radical (unpaired) electrons. The summed E-state index contributed by atoms with van der Waals surface area (Å²) in [7, 11) is 0. The number of carbonyl (C=O) groups excluding carboxylic acids is 1. The Morgan fingerprint density at radius 1 is 0.950 bits per heavy atom. The van der Waals surface area contributed by atoms with Crippen molar-refractivity contribution in [2.45, 2.75) is 29.2 Å². The topological polar surface area (TPSA) is 20.3 Å². The van der Waals surface area contributed by atoms with Crippen molar-refractivity contribution in [2.75, 3.05) is 6.54 Å². The standard InChI is InChI=1S/C17H17NOS/c19-17-7-4-12-18(17)13-14-8-10-16(11-9-14)20-15-5-2-1-3-6-15/h1-3,5-6,8-11H,4,7,12-13H2. The van der Waals surface area contributed by atoms with Gasteiger partial charge in [0.25, 0.3) is 0 Å². The van der Waals surface area contributed by atoms with E-state index in [0.717, 1.165) is 19.5 Å². The van der Waals surface area contributed by atoms with Crippen LogP contribution in [0.5, 0.6) is 0 Å². The van der Waals surface area contributed by atoms with Crippen LogP contribution in [0.2, 0.25) is 0 Å². The first kappa shape index (κ1) is 13.3. The van der Waals surface area contributed by atoms with Gasteiger partial charge in [0.05, 0.1) is 0 Å². The highest BCUT2D eigenvalue weighted by molar-refractivity contribution is 7.99. The fourth-order valence-electron chi connectivity index (χ4n) is 2.38. The summed E-state index contributed by atoms with van der Waals surface area (Å²) in [5.74, 6) is 0.285. The van der Waals surface area contributed by atoms with Crippen LogP contribution in [0.1, 0.15) is 18.4 Å². The van der Waals surface area contributed by atoms with Crippen molar-refractivity contribution in [3.63, 3.8) is 0 Å². The van der Waals surface area contributed by atoms with Gasteiger partial charge in [-0.1, -0.05) is 42.1 Å². The lowest BCUT2D eigenvalue weighted by molar-refractivity contribution is -0.128. The highest BCUT2D eigenvalue weighted by atomic mass is 32.2. The van der Waals surface area contributed by atoms with E-state index >= 15 is 0 Å². The number of likely N-dealkylation sites (tertiary alicyclic amines) is 1. The molecule has 3 heteroatoms. The normalized spacial score (nSPS) is 14.8. The van der Waals surface area contributed by atoms with Crippen LogP contribution in [0.4, 0.5) is 0 Å². The molecule has 1 saturated heterocycles. The summed E-state index contributed by atoms with van der Waals surface area (Å²) in [5.41, 5.74) is 1.21. The molecule has 2 nitrogen and oxygen atoms in total. The van der Waals surface area contributed by atoms with Gasteiger partial charge in [0, 0.05) is 29.3 Å². The summed E-state index contributed by atoms with van der Waals surface area (Å²) in [6.07, 6.45) is 1.71. The van der Waals surface area contributed by atoms with Crippen LogP contribution < -0.4 is 0 Å². The van der Waals surface area contributed by atoms with Crippen LogP contribution in [-0.4, -0.2) is 17.4 Å². The number of benzene rings is 2. The molecule has 0 aromatic heterocycles. The molecule has 0 N–H and O–H groups in total. The van der Waals surface area contributed by atoms with Crippen LogP contribution in [0, 0.1) is 0 Å². The predicted molar refractivity (Wildman–Crippen MR) is 81.7 cm³/mol. The molecule has 20 heavy (non-hydrogen) atoms. The Labute approximate surface area is 123 Å². The molecule has 1 fully saturated rings. The molecule has 0 spiro atoms. The summed E-state index contributed by atoms with van der Waals surface area (Å²) in [4.78, 5) is 16.0. The zero-order chi connectivity index (χ0) is 13.8. The number of rotatable bonds is 4. The quantitative estimate of drug-likeness (QED) is 0.846. The van der Waals surface area contributed by atoms with Gasteiger partial charge in [-0.05, 0) is 36.2 Å². The summed E-state index contributed by atoms with van der Waals surface area (Å²) in [6.45, 7) is 1.65. The first-order chi connectivity index (χ1) is 9.81. The van der Waals surface area contributed by atoms with Crippen molar-refractivity contribution in [1.29, 1.82) is 0 Å². The number of amides is 1. The first-order valence-electron chi connectivity index (χ1n) is 6.91. The Morgan fingerprint density at radius 3 is 2.30 bits per heavy atom. The third-order valence-electron chi connectivity index (χ3n) is 3.45. The van der Waals surface area contributed by atoms with Gasteiger partial charge < -0.3 is 4.90 Å². The molecule has 2 aromatic carbocycles. The number of hydrogen-bond donors (Lipinski definition) is 0. The molecule has 1 aliphatic rings. The van der Waals surface area contributed by atoms with E-state index in [0.29, 0.717) is 6.42 Å². The smallest absolute Gasteiger partial charge is 0.222 e. The van der Waals surface area contributed by atoms with E-state index in [9.17, 15) is 4.79 Å². The van der Waals surface area contributed by atoms with Gasteiger partial charge in [-0.25, -0.2) is 0 Å². The van der Waals surface area contributed by atoms with Crippen LogP contribution >= 0.6 is 11.8 Å². The van der Waals surface area contributed by atoms with Crippen molar-refractivity contribution in [2.24, 2.45) is 0 Å². The van der Waals surface area contributed by atoms with Crippen molar-refractivity contribution in [1.82, 2.24) is 4.90 Å². The zero-order valence-corrected chi connectivity index (χ0v) is 12.1. The monoisotopic (exact) mass is 283 g/mol. The minimum atomic E-state index is 0.285. The SMILES string of the molecule is O=C1CCCN1Cc1ccc(Sc2ccccc2)cc1. The van der Waals surface area contributed by atoms with Crippen molar-refractivity contribution in [3.05, 3.63) is 60.2 Å². The number of carbonyl (C=O) groups is 1. The molecule has 0 saturated carbocycles. The van der Waals surface area contributed by atoms with Gasteiger partial charge in [-0.15, -0.1) is 0 Å². The summed E-state index contributed by atoms with van der Waals surface area (Å²) in [5, 5.41) is 0. The van der Waals surface area contributed by atoms with Crippen LogP contribution in [0.15, 0.2) is 64.4 Å². The second-order valence-electron chi connectivity index (χ2n) is 4.98. The highest BCUT2D eigenvalue weighted by Gasteiger charge is 2.19. The van der Waals surface area contributed by atoms with Gasteiger partial charge in [-0.3, -0.25) is 4.79 Å². The molecule has 0 aliphatic carbocycles. The number of hydrogen-bond acceptors (Lipinski definition) is 2.